The topological polar surface area (TPSA) is 16.1 Å². The highest BCUT2D eigenvalue weighted by molar-refractivity contribution is 7.09. The lowest BCUT2D eigenvalue weighted by molar-refractivity contribution is 0.222. The molecule has 0 atom stereocenters. The van der Waals surface area contributed by atoms with Crippen molar-refractivity contribution in [3.8, 4) is 0 Å². The number of piperidine rings is 1. The van der Waals surface area contributed by atoms with Crippen LogP contribution in [0.1, 0.15) is 30.7 Å². The van der Waals surface area contributed by atoms with Gasteiger partial charge >= 0.3 is 0 Å². The zero-order valence-corrected chi connectivity index (χ0v) is 11.3. The van der Waals surface area contributed by atoms with Crippen LogP contribution < -0.4 is 9.88 Å². The van der Waals surface area contributed by atoms with Crippen LogP contribution >= 0.6 is 11.3 Å². The highest BCUT2D eigenvalue weighted by atomic mass is 32.1. The molecule has 0 unspecified atom stereocenters. The minimum atomic E-state index is 0.635. The monoisotopic (exact) mass is 248 g/mol. The standard InChI is InChI=1S/C14H20N2S/c1-4-6-13-11(3)17-14(15-13)12-7-9-16(5-2)10-8-12/h4,6,12H,1,3,5,7-10H2,2H3/b13-6+. The molecule has 0 saturated carbocycles. The van der Waals surface area contributed by atoms with Crippen molar-refractivity contribution in [2.24, 2.45) is 0 Å². The number of hydrogen-bond acceptors (Lipinski definition) is 3. The zero-order valence-electron chi connectivity index (χ0n) is 10.5. The van der Waals surface area contributed by atoms with Crippen molar-refractivity contribution in [2.45, 2.75) is 25.7 Å². The number of allylic oxidation sites excluding steroid dienone is 1. The zero-order chi connectivity index (χ0) is 12.3. The third-order valence-corrected chi connectivity index (χ3v) is 4.49. The van der Waals surface area contributed by atoms with Gasteiger partial charge in [0, 0.05) is 10.5 Å². The maximum absolute atomic E-state index is 4.68. The number of aromatic nitrogens is 1. The van der Waals surface area contributed by atoms with Crippen molar-refractivity contribution in [3.63, 3.8) is 0 Å². The van der Waals surface area contributed by atoms with E-state index in [1.54, 1.807) is 17.4 Å². The number of rotatable bonds is 3. The van der Waals surface area contributed by atoms with E-state index in [1.165, 1.54) is 37.5 Å². The van der Waals surface area contributed by atoms with E-state index >= 15 is 0 Å². The van der Waals surface area contributed by atoms with Gasteiger partial charge in [-0.1, -0.05) is 26.2 Å². The first-order chi connectivity index (χ1) is 8.24. The third-order valence-electron chi connectivity index (χ3n) is 3.40. The summed E-state index contributed by atoms with van der Waals surface area (Å²) in [6.07, 6.45) is 6.19. The Hall–Kier alpha value is -0.930. The van der Waals surface area contributed by atoms with Gasteiger partial charge in [0.25, 0.3) is 0 Å². The Balaban J connectivity index is 2.14. The lowest BCUT2D eigenvalue weighted by Crippen LogP contribution is -2.32. The summed E-state index contributed by atoms with van der Waals surface area (Å²) >= 11 is 1.75. The largest absolute Gasteiger partial charge is 0.304 e. The average Bonchev–Trinajstić information content (AvgIpc) is 2.72. The van der Waals surface area contributed by atoms with Crippen molar-refractivity contribution in [1.29, 1.82) is 0 Å². The van der Waals surface area contributed by atoms with Crippen molar-refractivity contribution in [3.05, 3.63) is 27.5 Å². The molecule has 3 heteroatoms. The molecule has 1 aromatic rings. The molecule has 0 aromatic carbocycles. The normalized spacial score (nSPS) is 19.7. The Kier molecular flexibility index (Phi) is 4.13. The van der Waals surface area contributed by atoms with Crippen LogP contribution in [0.25, 0.3) is 12.7 Å². The summed E-state index contributed by atoms with van der Waals surface area (Å²) in [5, 5.41) is 2.26. The molecule has 92 valence electrons. The fraction of sp³-hybridized carbons (Fsp3) is 0.500. The summed E-state index contributed by atoms with van der Waals surface area (Å²) in [7, 11) is 0. The average molecular weight is 248 g/mol. The second kappa shape index (κ2) is 5.61. The SMILES string of the molecule is C=C/C=c1/nc(C2CCN(CC)CC2)sc1=C. The first kappa shape index (κ1) is 12.5. The Morgan fingerprint density at radius 3 is 2.76 bits per heavy atom. The maximum atomic E-state index is 4.68. The van der Waals surface area contributed by atoms with Crippen molar-refractivity contribution in [1.82, 2.24) is 9.88 Å². The van der Waals surface area contributed by atoms with Gasteiger partial charge < -0.3 is 4.90 Å². The van der Waals surface area contributed by atoms with Crippen LogP contribution in [0.4, 0.5) is 0 Å². The fourth-order valence-electron chi connectivity index (χ4n) is 2.30. The molecule has 0 bridgehead atoms. The smallest absolute Gasteiger partial charge is 0.0970 e. The van der Waals surface area contributed by atoms with Gasteiger partial charge in [-0.15, -0.1) is 11.3 Å². The van der Waals surface area contributed by atoms with E-state index in [9.17, 15) is 0 Å². The van der Waals surface area contributed by atoms with Crippen LogP contribution in [-0.2, 0) is 0 Å². The summed E-state index contributed by atoms with van der Waals surface area (Å²) in [5.41, 5.74) is 0. The van der Waals surface area contributed by atoms with Crippen LogP contribution in [-0.4, -0.2) is 29.5 Å². The van der Waals surface area contributed by atoms with Crippen LogP contribution in [0.3, 0.4) is 0 Å². The minimum absolute atomic E-state index is 0.635. The lowest BCUT2D eigenvalue weighted by Gasteiger charge is -2.29. The molecule has 2 rings (SSSR count). The molecule has 1 aliphatic heterocycles. The van der Waals surface area contributed by atoms with Gasteiger partial charge in [-0.25, -0.2) is 4.98 Å². The maximum Gasteiger partial charge on any atom is 0.0970 e. The number of likely N-dealkylation sites (tertiary alicyclic amines) is 1. The highest BCUT2D eigenvalue weighted by Crippen LogP contribution is 2.27. The van der Waals surface area contributed by atoms with Gasteiger partial charge in [-0.05, 0) is 38.6 Å². The molecule has 0 N–H and O–H groups in total. The van der Waals surface area contributed by atoms with E-state index < -0.39 is 0 Å². The highest BCUT2D eigenvalue weighted by Gasteiger charge is 2.21. The van der Waals surface area contributed by atoms with Gasteiger partial charge in [0.2, 0.25) is 0 Å². The third kappa shape index (κ3) is 2.85. The Morgan fingerprint density at radius 1 is 1.47 bits per heavy atom. The molecule has 1 fully saturated rings. The van der Waals surface area contributed by atoms with E-state index in [4.69, 9.17) is 0 Å². The summed E-state index contributed by atoms with van der Waals surface area (Å²) in [6, 6.07) is 0. The van der Waals surface area contributed by atoms with Gasteiger partial charge in [-0.3, -0.25) is 0 Å². The molecule has 1 saturated heterocycles. The number of thiazole rings is 1. The molecule has 0 spiro atoms. The molecule has 2 nitrogen and oxygen atoms in total. The molecular weight excluding hydrogens is 228 g/mol. The first-order valence-corrected chi connectivity index (χ1v) is 7.07. The van der Waals surface area contributed by atoms with E-state index in [1.807, 2.05) is 6.08 Å². The van der Waals surface area contributed by atoms with Crippen LogP contribution in [0, 0.1) is 0 Å². The quantitative estimate of drug-likeness (QED) is 0.810. The molecule has 0 amide bonds. The summed E-state index contributed by atoms with van der Waals surface area (Å²) in [5.74, 6) is 0.635. The van der Waals surface area contributed by atoms with Gasteiger partial charge in [0.15, 0.2) is 0 Å². The van der Waals surface area contributed by atoms with Crippen molar-refractivity contribution >= 4 is 24.0 Å². The van der Waals surface area contributed by atoms with E-state index in [2.05, 4.69) is 30.0 Å². The van der Waals surface area contributed by atoms with E-state index in [0.29, 0.717) is 5.92 Å². The second-order valence-electron chi connectivity index (χ2n) is 4.47. The first-order valence-electron chi connectivity index (χ1n) is 6.25. The summed E-state index contributed by atoms with van der Waals surface area (Å²) in [6.45, 7) is 13.6. The molecular formula is C14H20N2S. The Morgan fingerprint density at radius 2 is 2.18 bits per heavy atom. The molecule has 1 aromatic heterocycles. The van der Waals surface area contributed by atoms with Gasteiger partial charge in [0.05, 0.1) is 10.4 Å². The number of nitrogens with zero attached hydrogens (tertiary/aromatic N) is 2. The molecule has 2 heterocycles. The van der Waals surface area contributed by atoms with Crippen LogP contribution in [0.5, 0.6) is 0 Å². The molecule has 0 radical (unpaired) electrons. The Bertz CT molecular complexity index is 481. The fourth-order valence-corrected chi connectivity index (χ4v) is 3.31. The lowest BCUT2D eigenvalue weighted by atomic mass is 9.98. The Labute approximate surface area is 107 Å². The predicted molar refractivity (Wildman–Crippen MR) is 75.6 cm³/mol. The van der Waals surface area contributed by atoms with Gasteiger partial charge in [0.1, 0.15) is 0 Å². The number of hydrogen-bond donors (Lipinski definition) is 0. The van der Waals surface area contributed by atoms with Crippen molar-refractivity contribution < 1.29 is 0 Å². The summed E-state index contributed by atoms with van der Waals surface area (Å²) < 4.78 is 1.07. The second-order valence-corrected chi connectivity index (χ2v) is 5.59. The van der Waals surface area contributed by atoms with Gasteiger partial charge in [-0.2, -0.15) is 0 Å². The van der Waals surface area contributed by atoms with E-state index in [0.717, 1.165) is 9.88 Å². The minimum Gasteiger partial charge on any atom is -0.304 e. The molecule has 17 heavy (non-hydrogen) atoms. The van der Waals surface area contributed by atoms with Crippen LogP contribution in [0.15, 0.2) is 12.7 Å². The van der Waals surface area contributed by atoms with E-state index in [-0.39, 0.29) is 0 Å². The summed E-state index contributed by atoms with van der Waals surface area (Å²) in [4.78, 5) is 7.19. The predicted octanol–water partition coefficient (Wildman–Crippen LogP) is 1.72. The molecule has 0 aliphatic carbocycles. The van der Waals surface area contributed by atoms with Crippen molar-refractivity contribution in [2.75, 3.05) is 19.6 Å². The van der Waals surface area contributed by atoms with Crippen LogP contribution in [0.2, 0.25) is 0 Å². The molecule has 1 aliphatic rings.